The first kappa shape index (κ1) is 37.0. The van der Waals surface area contributed by atoms with Crippen molar-refractivity contribution in [3.63, 3.8) is 0 Å². The van der Waals surface area contributed by atoms with E-state index in [-0.39, 0.29) is 47.8 Å². The highest BCUT2D eigenvalue weighted by Crippen LogP contribution is 2.54. The fraction of sp³-hybridized carbons (Fsp3) is 0.463. The quantitative estimate of drug-likeness (QED) is 0.139. The smallest absolute Gasteiger partial charge is 0.407 e. The van der Waals surface area contributed by atoms with Gasteiger partial charge in [-0.05, 0) is 85.8 Å². The standard InChI is InChI=1S/C41H45FN8O6/c1-19(2)34(47-40(53)54)38(51)49-30-14-23(30)16-32(49)36-43-18-29(46-36)25-10-8-21(12-26(25)42)6-7-22-9-11-27-28(13-22)45-37(44-27)33-17-24-15-31(24)50(33)39(52)35(20(3)4)48-41(55)56-5/h8-13,18-20,23-24,30-35,47H,14-17H2,1-5H3,(H,43,46)(H,44,45)(H,48,55)(H,53,54)/t23-,24-,30-,31-,32+,33+,34+,35+/m1/s1. The number of hydrogen-bond acceptors (Lipinski definition) is 7. The number of methoxy groups -OCH3 is 1. The molecule has 292 valence electrons. The van der Waals surface area contributed by atoms with Gasteiger partial charge in [-0.25, -0.2) is 23.9 Å². The Morgan fingerprint density at radius 3 is 2.02 bits per heavy atom. The van der Waals surface area contributed by atoms with E-state index in [0.717, 1.165) is 30.3 Å². The number of aromatic nitrogens is 4. The van der Waals surface area contributed by atoms with Gasteiger partial charge in [0, 0.05) is 28.8 Å². The Hall–Kier alpha value is -5.91. The second kappa shape index (κ2) is 14.3. The summed E-state index contributed by atoms with van der Waals surface area (Å²) in [6.07, 6.45) is 2.98. The molecule has 4 aromatic rings. The number of halogens is 1. The molecule has 0 unspecified atom stereocenters. The molecule has 0 radical (unpaired) electrons. The Morgan fingerprint density at radius 1 is 0.839 bits per heavy atom. The van der Waals surface area contributed by atoms with Gasteiger partial charge in [0.15, 0.2) is 0 Å². The molecule has 4 aliphatic rings. The minimum Gasteiger partial charge on any atom is -0.465 e. The molecule has 0 bridgehead atoms. The molecule has 4 heterocycles. The van der Waals surface area contributed by atoms with Crippen LogP contribution in [-0.4, -0.2) is 90.1 Å². The maximum atomic E-state index is 15.6. The van der Waals surface area contributed by atoms with E-state index in [1.54, 1.807) is 37.1 Å². The summed E-state index contributed by atoms with van der Waals surface area (Å²) in [5.74, 6) is 6.87. The third-order valence-corrected chi connectivity index (χ3v) is 11.7. The summed E-state index contributed by atoms with van der Waals surface area (Å²) in [5, 5.41) is 14.4. The summed E-state index contributed by atoms with van der Waals surface area (Å²) in [7, 11) is 1.28. The van der Waals surface area contributed by atoms with Crippen LogP contribution in [0.1, 0.15) is 88.2 Å². The van der Waals surface area contributed by atoms with Gasteiger partial charge >= 0.3 is 12.2 Å². The summed E-state index contributed by atoms with van der Waals surface area (Å²) in [4.78, 5) is 70.4. The maximum absolute atomic E-state index is 15.6. The lowest BCUT2D eigenvalue weighted by molar-refractivity contribution is -0.137. The normalized spacial score (nSPS) is 24.3. The van der Waals surface area contributed by atoms with Gasteiger partial charge in [0.05, 0.1) is 42.1 Å². The van der Waals surface area contributed by atoms with Crippen LogP contribution in [0.4, 0.5) is 14.0 Å². The number of amides is 4. The minimum absolute atomic E-state index is 0.0446. The fourth-order valence-electron chi connectivity index (χ4n) is 8.57. The van der Waals surface area contributed by atoms with Crippen LogP contribution < -0.4 is 10.6 Å². The minimum atomic E-state index is -1.25. The number of nitrogens with one attached hydrogen (secondary N) is 4. The van der Waals surface area contributed by atoms with Crippen molar-refractivity contribution in [2.45, 2.75) is 89.6 Å². The second-order valence-electron chi connectivity index (χ2n) is 16.1. The van der Waals surface area contributed by atoms with Gasteiger partial charge in [0.2, 0.25) is 11.8 Å². The predicted octanol–water partition coefficient (Wildman–Crippen LogP) is 5.49. The number of H-pyrrole nitrogens is 2. The number of carbonyl (C=O) groups is 4. The number of ether oxygens (including phenoxy) is 1. The van der Waals surface area contributed by atoms with E-state index in [4.69, 9.17) is 9.72 Å². The van der Waals surface area contributed by atoms with Gasteiger partial charge < -0.3 is 40.2 Å². The third-order valence-electron chi connectivity index (χ3n) is 11.7. The van der Waals surface area contributed by atoms with Gasteiger partial charge in [0.25, 0.3) is 0 Å². The number of carboxylic acid groups (broad SMARTS) is 1. The number of nitrogens with zero attached hydrogens (tertiary/aromatic N) is 4. The van der Waals surface area contributed by atoms with E-state index in [2.05, 4.69) is 37.4 Å². The monoisotopic (exact) mass is 764 g/mol. The number of aromatic amines is 2. The molecule has 2 aromatic carbocycles. The fourth-order valence-corrected chi connectivity index (χ4v) is 8.57. The van der Waals surface area contributed by atoms with Crippen molar-refractivity contribution in [3.05, 3.63) is 71.2 Å². The molecule has 4 amide bonds. The van der Waals surface area contributed by atoms with Gasteiger partial charge in [-0.3, -0.25) is 9.59 Å². The van der Waals surface area contributed by atoms with E-state index < -0.39 is 30.1 Å². The van der Waals surface area contributed by atoms with Crippen LogP contribution in [0.3, 0.4) is 0 Å². The highest BCUT2D eigenvalue weighted by molar-refractivity contribution is 5.88. The van der Waals surface area contributed by atoms with Crippen molar-refractivity contribution in [2.75, 3.05) is 7.11 Å². The van der Waals surface area contributed by atoms with Crippen LogP contribution >= 0.6 is 0 Å². The molecule has 56 heavy (non-hydrogen) atoms. The molecule has 0 spiro atoms. The van der Waals surface area contributed by atoms with Crippen molar-refractivity contribution in [1.29, 1.82) is 0 Å². The van der Waals surface area contributed by atoms with Gasteiger partial charge in [-0.15, -0.1) is 0 Å². The van der Waals surface area contributed by atoms with Gasteiger partial charge in [-0.1, -0.05) is 39.5 Å². The van der Waals surface area contributed by atoms with Crippen LogP contribution in [0.15, 0.2) is 42.6 Å². The highest BCUT2D eigenvalue weighted by Gasteiger charge is 2.57. The molecule has 8 atom stereocenters. The molecular weight excluding hydrogens is 719 g/mol. The Bertz CT molecular complexity index is 2290. The molecule has 2 saturated heterocycles. The zero-order valence-electron chi connectivity index (χ0n) is 31.8. The first-order chi connectivity index (χ1) is 26.8. The van der Waals surface area contributed by atoms with E-state index >= 15 is 4.39 Å². The van der Waals surface area contributed by atoms with Crippen molar-refractivity contribution >= 4 is 35.0 Å². The first-order valence-corrected chi connectivity index (χ1v) is 19.2. The largest absolute Gasteiger partial charge is 0.465 e. The SMILES string of the molecule is COC(=O)N[C@H](C(=O)N1[C@@H]2C[C@@H]2C[C@H]1c1nc2ccc(C#Cc3ccc(-c4cnc([C@@H]5C[C@H]6C[C@H]6N5C(=O)[C@@H](NC(=O)O)C(C)C)[nH]4)c(F)c3)cc2[nH]1)C(C)C. The zero-order chi connectivity index (χ0) is 39.6. The predicted molar refractivity (Wildman–Crippen MR) is 202 cm³/mol. The summed E-state index contributed by atoms with van der Waals surface area (Å²) in [6.45, 7) is 7.39. The Kier molecular flexibility index (Phi) is 9.46. The molecule has 8 rings (SSSR count). The van der Waals surface area contributed by atoms with Crippen molar-refractivity contribution < 1.29 is 33.4 Å². The summed E-state index contributed by atoms with van der Waals surface area (Å²) >= 11 is 0. The number of imidazole rings is 2. The average Bonchev–Trinajstić information content (AvgIpc) is 3.79. The number of piperidine rings is 2. The lowest BCUT2D eigenvalue weighted by Crippen LogP contribution is -2.52. The van der Waals surface area contributed by atoms with E-state index in [9.17, 15) is 24.3 Å². The van der Waals surface area contributed by atoms with Crippen molar-refractivity contribution in [3.8, 4) is 23.1 Å². The van der Waals surface area contributed by atoms with Gasteiger partial charge in [-0.2, -0.15) is 0 Å². The summed E-state index contributed by atoms with van der Waals surface area (Å²) < 4.78 is 20.4. The Labute approximate surface area is 323 Å². The number of fused-ring (bicyclic) bond motifs is 3. The molecular formula is C41H45FN8O6. The molecule has 15 heteroatoms. The summed E-state index contributed by atoms with van der Waals surface area (Å²) in [5.41, 5.74) is 3.46. The molecule has 2 aliphatic carbocycles. The maximum Gasteiger partial charge on any atom is 0.407 e. The van der Waals surface area contributed by atoms with Crippen molar-refractivity contribution in [1.82, 2.24) is 40.4 Å². The molecule has 2 aromatic heterocycles. The lowest BCUT2D eigenvalue weighted by atomic mass is 10.0. The number of likely N-dealkylation sites (tertiary alicyclic amines) is 2. The molecule has 2 aliphatic heterocycles. The van der Waals surface area contributed by atoms with Crippen LogP contribution in [-0.2, 0) is 14.3 Å². The molecule has 4 fully saturated rings. The highest BCUT2D eigenvalue weighted by atomic mass is 19.1. The molecule has 5 N–H and O–H groups in total. The topological polar surface area (TPSA) is 186 Å². The van der Waals surface area contributed by atoms with E-state index in [0.29, 0.717) is 52.3 Å². The Morgan fingerprint density at radius 2 is 1.43 bits per heavy atom. The van der Waals surface area contributed by atoms with Crippen LogP contribution in [0, 0.1) is 41.3 Å². The van der Waals surface area contributed by atoms with Crippen LogP contribution in [0.2, 0.25) is 0 Å². The second-order valence-corrected chi connectivity index (χ2v) is 16.1. The lowest BCUT2D eigenvalue weighted by Gasteiger charge is -2.31. The number of benzene rings is 2. The first-order valence-electron chi connectivity index (χ1n) is 19.2. The zero-order valence-corrected chi connectivity index (χ0v) is 31.8. The van der Waals surface area contributed by atoms with E-state index in [1.165, 1.54) is 13.2 Å². The number of rotatable bonds is 9. The van der Waals surface area contributed by atoms with Crippen molar-refractivity contribution in [2.24, 2.45) is 23.7 Å². The number of alkyl carbamates (subject to hydrolysis) is 1. The summed E-state index contributed by atoms with van der Waals surface area (Å²) in [6, 6.07) is 8.33. The molecule has 14 nitrogen and oxygen atoms in total. The van der Waals surface area contributed by atoms with Crippen LogP contribution in [0.5, 0.6) is 0 Å². The number of carbonyl (C=O) groups excluding carboxylic acids is 3. The van der Waals surface area contributed by atoms with Gasteiger partial charge in [0.1, 0.15) is 29.5 Å². The van der Waals surface area contributed by atoms with E-state index in [1.807, 2.05) is 36.9 Å². The van der Waals surface area contributed by atoms with Crippen LogP contribution in [0.25, 0.3) is 22.3 Å². The Balaban J connectivity index is 0.966. The third kappa shape index (κ3) is 6.93. The number of hydrogen-bond donors (Lipinski definition) is 5. The average molecular weight is 765 g/mol. The molecule has 2 saturated carbocycles.